The highest BCUT2D eigenvalue weighted by atomic mass is 14.3. The largest absolute Gasteiger partial charge is 0.198 e. The monoisotopic (exact) mass is 199 g/mol. The van der Waals surface area contributed by atoms with E-state index in [9.17, 15) is 0 Å². The van der Waals surface area contributed by atoms with Crippen molar-refractivity contribution in [1.29, 1.82) is 5.26 Å². The third kappa shape index (κ3) is 2.04. The van der Waals surface area contributed by atoms with Gasteiger partial charge < -0.3 is 0 Å². The van der Waals surface area contributed by atoms with Crippen LogP contribution in [0.5, 0.6) is 0 Å². The van der Waals surface area contributed by atoms with Crippen LogP contribution in [0.25, 0.3) is 0 Å². The van der Waals surface area contributed by atoms with Gasteiger partial charge in [-0.05, 0) is 36.8 Å². The highest BCUT2D eigenvalue weighted by Gasteiger charge is 2.21. The Bertz CT molecular complexity index is 369. The lowest BCUT2D eigenvalue weighted by Gasteiger charge is -2.16. The Kier molecular flexibility index (Phi) is 3.06. The zero-order chi connectivity index (χ0) is 10.7. The summed E-state index contributed by atoms with van der Waals surface area (Å²) in [5, 5.41) is 9.01. The minimum absolute atomic E-state index is 0.0294. The molecule has 0 saturated heterocycles. The summed E-state index contributed by atoms with van der Waals surface area (Å²) in [5.74, 6) is 0.735. The molecule has 78 valence electrons. The van der Waals surface area contributed by atoms with Crippen LogP contribution >= 0.6 is 0 Å². The van der Waals surface area contributed by atoms with Crippen LogP contribution in [0.1, 0.15) is 55.6 Å². The molecule has 1 nitrogen and oxygen atoms in total. The Balaban J connectivity index is 2.33. The molecule has 1 aliphatic carbocycles. The molecular weight excluding hydrogens is 182 g/mol. The molecular formula is C14H17N. The zero-order valence-corrected chi connectivity index (χ0v) is 9.24. The van der Waals surface area contributed by atoms with Gasteiger partial charge in [0.25, 0.3) is 0 Å². The lowest BCUT2D eigenvalue weighted by Crippen LogP contribution is -2.01. The van der Waals surface area contributed by atoms with Crippen molar-refractivity contribution in [3.05, 3.63) is 35.4 Å². The highest BCUT2D eigenvalue weighted by molar-refractivity contribution is 5.36. The van der Waals surface area contributed by atoms with E-state index in [1.807, 2.05) is 13.0 Å². The van der Waals surface area contributed by atoms with Gasteiger partial charge in [0.15, 0.2) is 0 Å². The highest BCUT2D eigenvalue weighted by Crippen LogP contribution is 2.37. The molecule has 0 radical (unpaired) electrons. The molecule has 0 aromatic heterocycles. The normalized spacial score (nSPS) is 18.7. The fourth-order valence-electron chi connectivity index (χ4n) is 2.58. The Labute approximate surface area is 91.7 Å². The van der Waals surface area contributed by atoms with Gasteiger partial charge in [-0.25, -0.2) is 0 Å². The molecule has 1 fully saturated rings. The fraction of sp³-hybridized carbons (Fsp3) is 0.500. The van der Waals surface area contributed by atoms with Crippen LogP contribution in [0.4, 0.5) is 0 Å². The van der Waals surface area contributed by atoms with E-state index < -0.39 is 0 Å². The van der Waals surface area contributed by atoms with Crippen LogP contribution in [0.3, 0.4) is 0 Å². The SMILES string of the molecule is CC(C#N)c1ccccc1C1CCCC1. The average molecular weight is 199 g/mol. The summed E-state index contributed by atoms with van der Waals surface area (Å²) in [4.78, 5) is 0. The molecule has 2 rings (SSSR count). The second-order valence-corrected chi connectivity index (χ2v) is 4.46. The maximum absolute atomic E-state index is 9.01. The number of benzene rings is 1. The number of rotatable bonds is 2. The minimum Gasteiger partial charge on any atom is -0.198 e. The van der Waals surface area contributed by atoms with E-state index >= 15 is 0 Å². The van der Waals surface area contributed by atoms with Gasteiger partial charge >= 0.3 is 0 Å². The van der Waals surface area contributed by atoms with Gasteiger partial charge in [0, 0.05) is 0 Å². The fourth-order valence-corrected chi connectivity index (χ4v) is 2.58. The lowest BCUT2D eigenvalue weighted by molar-refractivity contribution is 0.708. The van der Waals surface area contributed by atoms with Crippen LogP contribution in [0, 0.1) is 11.3 Å². The average Bonchev–Trinajstić information content (AvgIpc) is 2.81. The summed E-state index contributed by atoms with van der Waals surface area (Å²) in [6.45, 7) is 1.99. The van der Waals surface area contributed by atoms with Crippen molar-refractivity contribution < 1.29 is 0 Å². The second kappa shape index (κ2) is 4.49. The number of nitrogens with zero attached hydrogens (tertiary/aromatic N) is 1. The smallest absolute Gasteiger partial charge is 0.0701 e. The van der Waals surface area contributed by atoms with E-state index in [1.54, 1.807) is 0 Å². The predicted molar refractivity (Wildman–Crippen MR) is 61.7 cm³/mol. The molecule has 0 spiro atoms. The first kappa shape index (κ1) is 10.2. The van der Waals surface area contributed by atoms with E-state index in [2.05, 4.69) is 24.3 Å². The molecule has 0 amide bonds. The summed E-state index contributed by atoms with van der Waals surface area (Å²) in [6.07, 6.45) is 5.30. The summed E-state index contributed by atoms with van der Waals surface area (Å²) in [7, 11) is 0. The van der Waals surface area contributed by atoms with Crippen LogP contribution in [0.15, 0.2) is 24.3 Å². The van der Waals surface area contributed by atoms with Crippen LogP contribution in [0.2, 0.25) is 0 Å². The molecule has 1 saturated carbocycles. The number of nitriles is 1. The van der Waals surface area contributed by atoms with E-state index in [0.29, 0.717) is 5.92 Å². The second-order valence-electron chi connectivity index (χ2n) is 4.46. The van der Waals surface area contributed by atoms with E-state index in [4.69, 9.17) is 5.26 Å². The van der Waals surface area contributed by atoms with Gasteiger partial charge in [-0.15, -0.1) is 0 Å². The van der Waals surface area contributed by atoms with Crippen LogP contribution in [-0.4, -0.2) is 0 Å². The van der Waals surface area contributed by atoms with Gasteiger partial charge in [0.1, 0.15) is 0 Å². The number of hydrogen-bond donors (Lipinski definition) is 0. The maximum Gasteiger partial charge on any atom is 0.0701 e. The van der Waals surface area contributed by atoms with Crippen LogP contribution < -0.4 is 0 Å². The van der Waals surface area contributed by atoms with Crippen LogP contribution in [-0.2, 0) is 0 Å². The first-order valence-corrected chi connectivity index (χ1v) is 5.81. The molecule has 1 heteroatoms. The first-order valence-electron chi connectivity index (χ1n) is 5.81. The van der Waals surface area contributed by atoms with Gasteiger partial charge in [0.2, 0.25) is 0 Å². The minimum atomic E-state index is 0.0294. The zero-order valence-electron chi connectivity index (χ0n) is 9.24. The predicted octanol–water partition coefficient (Wildman–Crippen LogP) is 3.97. The van der Waals surface area contributed by atoms with Crippen molar-refractivity contribution in [3.8, 4) is 6.07 Å². The van der Waals surface area contributed by atoms with Gasteiger partial charge in [-0.3, -0.25) is 0 Å². The van der Waals surface area contributed by atoms with Crippen molar-refractivity contribution in [2.45, 2.75) is 44.4 Å². The van der Waals surface area contributed by atoms with Gasteiger partial charge in [-0.2, -0.15) is 5.26 Å². The topological polar surface area (TPSA) is 23.8 Å². The van der Waals surface area contributed by atoms with Gasteiger partial charge in [-0.1, -0.05) is 37.1 Å². The van der Waals surface area contributed by atoms with E-state index in [-0.39, 0.29) is 5.92 Å². The summed E-state index contributed by atoms with van der Waals surface area (Å²) >= 11 is 0. The van der Waals surface area contributed by atoms with E-state index in [1.165, 1.54) is 36.8 Å². The Morgan fingerprint density at radius 2 is 1.93 bits per heavy atom. The molecule has 1 aliphatic rings. The Hall–Kier alpha value is -1.29. The molecule has 1 aromatic carbocycles. The lowest BCUT2D eigenvalue weighted by atomic mass is 9.88. The standard InChI is InChI=1S/C14H17N/c1-11(10-15)13-8-4-5-9-14(13)12-6-2-3-7-12/h4-5,8-9,11-12H,2-3,6-7H2,1H3. The third-order valence-corrected chi connectivity index (χ3v) is 3.45. The molecule has 0 heterocycles. The third-order valence-electron chi connectivity index (χ3n) is 3.45. The molecule has 0 N–H and O–H groups in total. The Morgan fingerprint density at radius 3 is 2.60 bits per heavy atom. The summed E-state index contributed by atoms with van der Waals surface area (Å²) in [6, 6.07) is 10.8. The number of hydrogen-bond acceptors (Lipinski definition) is 1. The molecule has 0 bridgehead atoms. The van der Waals surface area contributed by atoms with Crippen molar-refractivity contribution >= 4 is 0 Å². The van der Waals surface area contributed by atoms with Crippen molar-refractivity contribution in [2.75, 3.05) is 0 Å². The van der Waals surface area contributed by atoms with Crippen molar-refractivity contribution in [3.63, 3.8) is 0 Å². The van der Waals surface area contributed by atoms with Crippen molar-refractivity contribution in [1.82, 2.24) is 0 Å². The molecule has 0 aliphatic heterocycles. The molecule has 1 atom stereocenters. The molecule has 1 aromatic rings. The molecule has 15 heavy (non-hydrogen) atoms. The summed E-state index contributed by atoms with van der Waals surface area (Å²) < 4.78 is 0. The quantitative estimate of drug-likeness (QED) is 0.707. The summed E-state index contributed by atoms with van der Waals surface area (Å²) in [5.41, 5.74) is 2.66. The molecule has 1 unspecified atom stereocenters. The first-order chi connectivity index (χ1) is 7.33. The van der Waals surface area contributed by atoms with Crippen molar-refractivity contribution in [2.24, 2.45) is 0 Å². The Morgan fingerprint density at radius 1 is 1.27 bits per heavy atom. The van der Waals surface area contributed by atoms with E-state index in [0.717, 1.165) is 0 Å². The van der Waals surface area contributed by atoms with Gasteiger partial charge in [0.05, 0.1) is 12.0 Å². The maximum atomic E-state index is 9.01.